The molecule has 2 aliphatic rings. The SMILES string of the molecule is C=C1c2ccccc2-c2cccc(C(=O)Nc3ccc(C)c4c3C=CC=C(O)C4=C)c21. The fourth-order valence-electron chi connectivity index (χ4n) is 4.47. The normalized spacial score (nSPS) is 13.8. The Balaban J connectivity index is 1.57. The fraction of sp³-hybridized carbons (Fsp3) is 0.0357. The molecule has 5 rings (SSSR count). The monoisotopic (exact) mass is 403 g/mol. The van der Waals surface area contributed by atoms with Crippen LogP contribution in [0.2, 0.25) is 0 Å². The molecule has 0 bridgehead atoms. The Hall–Kier alpha value is -4.11. The second-order valence-electron chi connectivity index (χ2n) is 7.81. The molecule has 0 fully saturated rings. The van der Waals surface area contributed by atoms with Gasteiger partial charge in [0.1, 0.15) is 5.76 Å². The average Bonchev–Trinajstić information content (AvgIpc) is 2.97. The number of aliphatic hydroxyl groups excluding tert-OH is 1. The van der Waals surface area contributed by atoms with E-state index >= 15 is 0 Å². The number of benzene rings is 3. The lowest BCUT2D eigenvalue weighted by molar-refractivity contribution is 0.102. The molecular weight excluding hydrogens is 382 g/mol. The van der Waals surface area contributed by atoms with Gasteiger partial charge in [0.15, 0.2) is 0 Å². The quantitative estimate of drug-likeness (QED) is 0.388. The lowest BCUT2D eigenvalue weighted by Crippen LogP contribution is -2.15. The van der Waals surface area contributed by atoms with Crippen LogP contribution in [0.3, 0.4) is 0 Å². The van der Waals surface area contributed by atoms with Gasteiger partial charge in [-0.15, -0.1) is 0 Å². The highest BCUT2D eigenvalue weighted by Crippen LogP contribution is 2.45. The largest absolute Gasteiger partial charge is 0.507 e. The standard InChI is InChI=1S/C28H21NO2/c1-16-14-15-24(22-11-7-13-25(30)18(3)26(16)22)29-28(31)23-12-6-10-21-20-9-5-4-8-19(20)17(2)27(21)23/h4-15,30H,2-3H2,1H3,(H,29,31). The summed E-state index contributed by atoms with van der Waals surface area (Å²) >= 11 is 0. The summed E-state index contributed by atoms with van der Waals surface area (Å²) in [6.07, 6.45) is 5.26. The van der Waals surface area contributed by atoms with Crippen molar-refractivity contribution in [1.29, 1.82) is 0 Å². The number of hydrogen-bond acceptors (Lipinski definition) is 2. The maximum Gasteiger partial charge on any atom is 0.256 e. The number of allylic oxidation sites excluding steroid dienone is 3. The number of carbonyl (C=O) groups is 1. The Kier molecular flexibility index (Phi) is 4.26. The number of anilines is 1. The minimum absolute atomic E-state index is 0.122. The first-order valence-corrected chi connectivity index (χ1v) is 10.1. The van der Waals surface area contributed by atoms with E-state index in [1.54, 1.807) is 12.2 Å². The molecule has 0 aliphatic heterocycles. The van der Waals surface area contributed by atoms with Crippen LogP contribution in [0.4, 0.5) is 5.69 Å². The van der Waals surface area contributed by atoms with Gasteiger partial charge in [-0.3, -0.25) is 4.79 Å². The number of nitrogens with one attached hydrogen (secondary N) is 1. The van der Waals surface area contributed by atoms with Gasteiger partial charge >= 0.3 is 0 Å². The molecule has 31 heavy (non-hydrogen) atoms. The molecule has 3 heteroatoms. The minimum atomic E-state index is -0.197. The van der Waals surface area contributed by atoms with E-state index in [9.17, 15) is 9.90 Å². The predicted octanol–water partition coefficient (Wildman–Crippen LogP) is 6.77. The molecule has 2 aliphatic carbocycles. The number of hydrogen-bond donors (Lipinski definition) is 2. The van der Waals surface area contributed by atoms with Crippen LogP contribution in [-0.4, -0.2) is 11.0 Å². The summed E-state index contributed by atoms with van der Waals surface area (Å²) in [6.45, 7) is 10.3. The number of carbonyl (C=O) groups excluding carboxylic acids is 1. The fourth-order valence-corrected chi connectivity index (χ4v) is 4.47. The summed E-state index contributed by atoms with van der Waals surface area (Å²) in [7, 11) is 0. The van der Waals surface area contributed by atoms with Crippen LogP contribution in [0.5, 0.6) is 0 Å². The van der Waals surface area contributed by atoms with Crippen molar-refractivity contribution in [2.24, 2.45) is 0 Å². The van der Waals surface area contributed by atoms with Crippen LogP contribution in [0.25, 0.3) is 28.3 Å². The molecule has 150 valence electrons. The summed E-state index contributed by atoms with van der Waals surface area (Å²) in [5.41, 5.74) is 9.36. The first-order chi connectivity index (χ1) is 15.0. The third-order valence-corrected chi connectivity index (χ3v) is 5.98. The van der Waals surface area contributed by atoms with Crippen LogP contribution in [0.1, 0.15) is 38.2 Å². The molecule has 0 saturated heterocycles. The van der Waals surface area contributed by atoms with Crippen molar-refractivity contribution in [2.45, 2.75) is 6.92 Å². The zero-order chi connectivity index (χ0) is 21.7. The van der Waals surface area contributed by atoms with E-state index in [0.717, 1.165) is 44.5 Å². The average molecular weight is 403 g/mol. The molecule has 0 atom stereocenters. The highest BCUT2D eigenvalue weighted by molar-refractivity contribution is 6.14. The molecule has 0 radical (unpaired) electrons. The minimum Gasteiger partial charge on any atom is -0.507 e. The second-order valence-corrected chi connectivity index (χ2v) is 7.81. The number of rotatable bonds is 2. The highest BCUT2D eigenvalue weighted by atomic mass is 16.3. The summed E-state index contributed by atoms with van der Waals surface area (Å²) in [5.74, 6) is -0.0752. The Labute approximate surface area is 181 Å². The third-order valence-electron chi connectivity index (χ3n) is 5.98. The summed E-state index contributed by atoms with van der Waals surface area (Å²) in [5, 5.41) is 13.3. The molecule has 1 amide bonds. The van der Waals surface area contributed by atoms with E-state index in [1.165, 1.54) is 0 Å². The van der Waals surface area contributed by atoms with E-state index in [2.05, 4.69) is 24.5 Å². The molecule has 0 spiro atoms. The Morgan fingerprint density at radius 3 is 2.42 bits per heavy atom. The van der Waals surface area contributed by atoms with Crippen LogP contribution in [0, 0.1) is 6.92 Å². The van der Waals surface area contributed by atoms with Crippen LogP contribution in [-0.2, 0) is 0 Å². The predicted molar refractivity (Wildman–Crippen MR) is 128 cm³/mol. The summed E-state index contributed by atoms with van der Waals surface area (Å²) in [4.78, 5) is 13.4. The van der Waals surface area contributed by atoms with Gasteiger partial charge in [-0.05, 0) is 58.5 Å². The van der Waals surface area contributed by atoms with Gasteiger partial charge in [-0.1, -0.05) is 67.8 Å². The van der Waals surface area contributed by atoms with Crippen molar-refractivity contribution in [3.8, 4) is 11.1 Å². The zero-order valence-electron chi connectivity index (χ0n) is 17.2. The molecule has 3 nitrogen and oxygen atoms in total. The smallest absolute Gasteiger partial charge is 0.256 e. The molecule has 0 saturated carbocycles. The van der Waals surface area contributed by atoms with Crippen molar-refractivity contribution in [1.82, 2.24) is 0 Å². The van der Waals surface area contributed by atoms with Gasteiger partial charge in [-0.2, -0.15) is 0 Å². The molecule has 0 aromatic heterocycles. The third kappa shape index (κ3) is 2.86. The number of aliphatic hydroxyl groups is 1. The molecule has 0 unspecified atom stereocenters. The Bertz CT molecular complexity index is 1370. The highest BCUT2D eigenvalue weighted by Gasteiger charge is 2.27. The molecular formula is C28H21NO2. The molecule has 2 N–H and O–H groups in total. The first kappa shape index (κ1) is 18.9. The van der Waals surface area contributed by atoms with Gasteiger partial charge in [0, 0.05) is 28.0 Å². The van der Waals surface area contributed by atoms with Crippen molar-refractivity contribution >= 4 is 28.8 Å². The Morgan fingerprint density at radius 1 is 0.871 bits per heavy atom. The maximum atomic E-state index is 13.4. The van der Waals surface area contributed by atoms with Crippen LogP contribution >= 0.6 is 0 Å². The van der Waals surface area contributed by atoms with E-state index in [-0.39, 0.29) is 11.7 Å². The van der Waals surface area contributed by atoms with Crippen LogP contribution < -0.4 is 5.32 Å². The molecule has 0 heterocycles. The van der Waals surface area contributed by atoms with Gasteiger partial charge in [0.25, 0.3) is 5.91 Å². The zero-order valence-corrected chi connectivity index (χ0v) is 17.2. The summed E-state index contributed by atoms with van der Waals surface area (Å²) in [6, 6.07) is 17.7. The number of amides is 1. The van der Waals surface area contributed by atoms with Crippen molar-refractivity contribution in [2.75, 3.05) is 5.32 Å². The molecule has 3 aromatic carbocycles. The van der Waals surface area contributed by atoms with Gasteiger partial charge in [-0.25, -0.2) is 0 Å². The second kappa shape index (κ2) is 6.99. The van der Waals surface area contributed by atoms with Crippen molar-refractivity contribution in [3.05, 3.63) is 119 Å². The maximum absolute atomic E-state index is 13.4. The lowest BCUT2D eigenvalue weighted by atomic mass is 9.93. The van der Waals surface area contributed by atoms with Crippen LogP contribution in [0.15, 0.2) is 85.7 Å². The number of aryl methyl sites for hydroxylation is 1. The van der Waals surface area contributed by atoms with E-state index < -0.39 is 0 Å². The van der Waals surface area contributed by atoms with Gasteiger partial charge in [0.2, 0.25) is 0 Å². The lowest BCUT2D eigenvalue weighted by Gasteiger charge is -2.17. The van der Waals surface area contributed by atoms with Gasteiger partial charge < -0.3 is 10.4 Å². The van der Waals surface area contributed by atoms with E-state index in [1.807, 2.05) is 61.5 Å². The molecule has 3 aromatic rings. The van der Waals surface area contributed by atoms with Crippen molar-refractivity contribution in [3.63, 3.8) is 0 Å². The topological polar surface area (TPSA) is 49.3 Å². The first-order valence-electron chi connectivity index (χ1n) is 10.1. The van der Waals surface area contributed by atoms with E-state index in [0.29, 0.717) is 16.8 Å². The van der Waals surface area contributed by atoms with E-state index in [4.69, 9.17) is 0 Å². The Morgan fingerprint density at radius 2 is 1.61 bits per heavy atom. The summed E-state index contributed by atoms with van der Waals surface area (Å²) < 4.78 is 0. The van der Waals surface area contributed by atoms with Crippen molar-refractivity contribution < 1.29 is 9.90 Å². The van der Waals surface area contributed by atoms with Gasteiger partial charge in [0.05, 0.1) is 0 Å². The number of fused-ring (bicyclic) bond motifs is 4.